The number of cyclic esters (lactones) is 1. The van der Waals surface area contributed by atoms with Crippen LogP contribution in [-0.2, 0) is 28.6 Å². The third-order valence-corrected chi connectivity index (χ3v) is 4.73. The van der Waals surface area contributed by atoms with Crippen LogP contribution in [0.1, 0.15) is 11.6 Å². The van der Waals surface area contributed by atoms with Crippen molar-refractivity contribution >= 4 is 17.9 Å². The minimum Gasteiger partial charge on any atom is -0.469 e. The third kappa shape index (κ3) is 2.65. The Balaban J connectivity index is 1.98. The summed E-state index contributed by atoms with van der Waals surface area (Å²) in [5.74, 6) is -3.34. The highest BCUT2D eigenvalue weighted by Crippen LogP contribution is 2.41. The average molecular weight is 333 g/mol. The van der Waals surface area contributed by atoms with Gasteiger partial charge in [0.15, 0.2) is 0 Å². The summed E-state index contributed by atoms with van der Waals surface area (Å²) in [5, 5.41) is 0. The smallest absolute Gasteiger partial charge is 0.324 e. The second-order valence-electron chi connectivity index (χ2n) is 5.88. The van der Waals surface area contributed by atoms with Crippen LogP contribution >= 0.6 is 0 Å². The molecule has 0 aromatic heterocycles. The summed E-state index contributed by atoms with van der Waals surface area (Å²) in [4.78, 5) is 38.5. The van der Waals surface area contributed by atoms with Gasteiger partial charge in [-0.2, -0.15) is 0 Å². The molecule has 2 heterocycles. The largest absolute Gasteiger partial charge is 0.469 e. The minimum absolute atomic E-state index is 0.182. The lowest BCUT2D eigenvalue weighted by Crippen LogP contribution is -2.50. The van der Waals surface area contributed by atoms with Crippen LogP contribution in [0.25, 0.3) is 0 Å². The average Bonchev–Trinajstić information content (AvgIpc) is 3.02. The van der Waals surface area contributed by atoms with Gasteiger partial charge in [0, 0.05) is 6.54 Å². The summed E-state index contributed by atoms with van der Waals surface area (Å²) < 4.78 is 14.9. The van der Waals surface area contributed by atoms with Crippen molar-refractivity contribution < 1.29 is 28.6 Å². The Labute approximate surface area is 139 Å². The predicted octanol–water partition coefficient (Wildman–Crippen LogP) is 0.547. The summed E-state index contributed by atoms with van der Waals surface area (Å²) in [6, 6.07) is 8.49. The first kappa shape index (κ1) is 16.4. The molecule has 2 aliphatic heterocycles. The van der Waals surface area contributed by atoms with Crippen molar-refractivity contribution in [3.05, 3.63) is 35.9 Å². The number of nitrogens with zero attached hydrogens (tertiary/aromatic N) is 1. The number of methoxy groups -OCH3 is 2. The third-order valence-electron chi connectivity index (χ3n) is 4.73. The first-order valence-electron chi connectivity index (χ1n) is 7.71. The number of carbonyl (C=O) groups excluding carboxylic acids is 3. The summed E-state index contributed by atoms with van der Waals surface area (Å²) in [7, 11) is 2.50. The Hall–Kier alpha value is -2.41. The number of carbonyl (C=O) groups is 3. The molecule has 0 bridgehead atoms. The van der Waals surface area contributed by atoms with E-state index in [0.29, 0.717) is 0 Å². The molecule has 3 rings (SSSR count). The van der Waals surface area contributed by atoms with Crippen LogP contribution in [0.4, 0.5) is 0 Å². The van der Waals surface area contributed by atoms with E-state index in [0.717, 1.165) is 5.56 Å². The van der Waals surface area contributed by atoms with E-state index in [-0.39, 0.29) is 19.2 Å². The van der Waals surface area contributed by atoms with Crippen LogP contribution in [0, 0.1) is 11.8 Å². The van der Waals surface area contributed by atoms with E-state index in [1.165, 1.54) is 14.2 Å². The highest BCUT2D eigenvalue weighted by Gasteiger charge is 2.57. The lowest BCUT2D eigenvalue weighted by atomic mass is 9.90. The van der Waals surface area contributed by atoms with Crippen LogP contribution in [-0.4, -0.2) is 56.2 Å². The number of rotatable bonds is 3. The van der Waals surface area contributed by atoms with Crippen LogP contribution < -0.4 is 0 Å². The Morgan fingerprint density at radius 3 is 2.42 bits per heavy atom. The van der Waals surface area contributed by atoms with E-state index < -0.39 is 35.8 Å². The van der Waals surface area contributed by atoms with Crippen LogP contribution in [0.15, 0.2) is 30.3 Å². The van der Waals surface area contributed by atoms with Crippen molar-refractivity contribution in [3.63, 3.8) is 0 Å². The van der Waals surface area contributed by atoms with Gasteiger partial charge in [0.1, 0.15) is 12.6 Å². The molecule has 7 heteroatoms. The van der Waals surface area contributed by atoms with Gasteiger partial charge < -0.3 is 14.2 Å². The molecule has 0 radical (unpaired) electrons. The maximum Gasteiger partial charge on any atom is 0.324 e. The molecule has 128 valence electrons. The minimum atomic E-state index is -0.929. The van der Waals surface area contributed by atoms with Crippen molar-refractivity contribution in [1.82, 2.24) is 4.90 Å². The normalized spacial score (nSPS) is 29.5. The molecular formula is C17H19NO6. The quantitative estimate of drug-likeness (QED) is 0.590. The molecule has 2 fully saturated rings. The fourth-order valence-electron chi connectivity index (χ4n) is 3.59. The van der Waals surface area contributed by atoms with Gasteiger partial charge in [-0.25, -0.2) is 0 Å². The monoisotopic (exact) mass is 333 g/mol. The lowest BCUT2D eigenvalue weighted by Gasteiger charge is -2.37. The standard InChI is InChI=1S/C17H19NO6/c1-22-15(19)11-8-18-12(10-6-4-3-5-7-10)9-24-17(21)14(18)13(11)16(20)23-2/h3-7,11-14H,8-9H2,1-2H3/t11-,12-,13-,14+/m0/s1. The van der Waals surface area contributed by atoms with Gasteiger partial charge >= 0.3 is 17.9 Å². The number of benzene rings is 1. The van der Waals surface area contributed by atoms with E-state index in [9.17, 15) is 14.4 Å². The molecule has 24 heavy (non-hydrogen) atoms. The Bertz CT molecular complexity index is 646. The molecule has 7 nitrogen and oxygen atoms in total. The predicted molar refractivity (Wildman–Crippen MR) is 81.6 cm³/mol. The summed E-state index contributed by atoms with van der Waals surface area (Å²) in [5.41, 5.74) is 0.962. The molecule has 1 aromatic carbocycles. The molecule has 0 saturated carbocycles. The topological polar surface area (TPSA) is 82.1 Å². The molecule has 4 atom stereocenters. The number of esters is 3. The van der Waals surface area contributed by atoms with E-state index in [2.05, 4.69) is 0 Å². The van der Waals surface area contributed by atoms with Gasteiger partial charge in [-0.15, -0.1) is 0 Å². The van der Waals surface area contributed by atoms with Crippen molar-refractivity contribution in [3.8, 4) is 0 Å². The first-order chi connectivity index (χ1) is 11.6. The van der Waals surface area contributed by atoms with Crippen molar-refractivity contribution in [1.29, 1.82) is 0 Å². The second kappa shape index (κ2) is 6.60. The van der Waals surface area contributed by atoms with Crippen molar-refractivity contribution in [2.75, 3.05) is 27.4 Å². The molecule has 0 unspecified atom stereocenters. The van der Waals surface area contributed by atoms with E-state index in [1.54, 1.807) is 0 Å². The Morgan fingerprint density at radius 2 is 1.79 bits per heavy atom. The number of fused-ring (bicyclic) bond motifs is 1. The molecule has 0 spiro atoms. The zero-order valence-electron chi connectivity index (χ0n) is 13.5. The molecular weight excluding hydrogens is 314 g/mol. The van der Waals surface area contributed by atoms with E-state index in [4.69, 9.17) is 14.2 Å². The van der Waals surface area contributed by atoms with E-state index >= 15 is 0 Å². The van der Waals surface area contributed by atoms with E-state index in [1.807, 2.05) is 35.2 Å². The van der Waals surface area contributed by atoms with Crippen molar-refractivity contribution in [2.24, 2.45) is 11.8 Å². The van der Waals surface area contributed by atoms with Crippen LogP contribution in [0.5, 0.6) is 0 Å². The lowest BCUT2D eigenvalue weighted by molar-refractivity contribution is -0.168. The number of ether oxygens (including phenoxy) is 3. The van der Waals surface area contributed by atoms with Gasteiger partial charge in [0.25, 0.3) is 0 Å². The molecule has 2 saturated heterocycles. The number of hydrogen-bond acceptors (Lipinski definition) is 7. The summed E-state index contributed by atoms with van der Waals surface area (Å²) in [6.45, 7) is 0.424. The Kier molecular flexibility index (Phi) is 4.53. The summed E-state index contributed by atoms with van der Waals surface area (Å²) in [6.07, 6.45) is 0. The van der Waals surface area contributed by atoms with Gasteiger partial charge in [0.05, 0.1) is 32.1 Å². The Morgan fingerprint density at radius 1 is 1.12 bits per heavy atom. The first-order valence-corrected chi connectivity index (χ1v) is 7.71. The number of morpholine rings is 1. The number of hydrogen-bond donors (Lipinski definition) is 0. The fraction of sp³-hybridized carbons (Fsp3) is 0.471. The molecule has 0 N–H and O–H groups in total. The molecule has 1 aromatic rings. The highest BCUT2D eigenvalue weighted by molar-refractivity contribution is 5.91. The zero-order chi connectivity index (χ0) is 17.3. The molecule has 0 amide bonds. The van der Waals surface area contributed by atoms with Crippen LogP contribution in [0.3, 0.4) is 0 Å². The van der Waals surface area contributed by atoms with Gasteiger partial charge in [0.2, 0.25) is 0 Å². The molecule has 2 aliphatic rings. The fourth-order valence-corrected chi connectivity index (χ4v) is 3.59. The molecule has 0 aliphatic carbocycles. The summed E-state index contributed by atoms with van der Waals surface area (Å²) >= 11 is 0. The second-order valence-corrected chi connectivity index (χ2v) is 5.88. The van der Waals surface area contributed by atoms with Crippen molar-refractivity contribution in [2.45, 2.75) is 12.1 Å². The highest BCUT2D eigenvalue weighted by atomic mass is 16.5. The maximum atomic E-state index is 12.3. The maximum absolute atomic E-state index is 12.3. The zero-order valence-corrected chi connectivity index (χ0v) is 13.5. The van der Waals surface area contributed by atoms with Gasteiger partial charge in [-0.05, 0) is 5.56 Å². The van der Waals surface area contributed by atoms with Gasteiger partial charge in [-0.3, -0.25) is 19.3 Å². The van der Waals surface area contributed by atoms with Crippen LogP contribution in [0.2, 0.25) is 0 Å². The van der Waals surface area contributed by atoms with Gasteiger partial charge in [-0.1, -0.05) is 30.3 Å². The SMILES string of the molecule is COC(=O)[C@H]1[C@@H](C(=O)OC)CN2[C@H](c3ccccc3)COC(=O)[C@@H]12.